The lowest BCUT2D eigenvalue weighted by atomic mass is 9.72. The van der Waals surface area contributed by atoms with Crippen molar-refractivity contribution in [1.82, 2.24) is 0 Å². The van der Waals surface area contributed by atoms with E-state index < -0.39 is 0 Å². The lowest BCUT2D eigenvalue weighted by Crippen LogP contribution is -2.21. The van der Waals surface area contributed by atoms with Crippen LogP contribution in [0.1, 0.15) is 66.7 Å². The third-order valence-corrected chi connectivity index (χ3v) is 4.65. The summed E-state index contributed by atoms with van der Waals surface area (Å²) >= 11 is 0. The quantitative estimate of drug-likeness (QED) is 0.546. The van der Waals surface area contributed by atoms with E-state index in [4.69, 9.17) is 0 Å². The molecule has 94 valence electrons. The summed E-state index contributed by atoms with van der Waals surface area (Å²) in [6.45, 7) is 11.8. The zero-order valence-corrected chi connectivity index (χ0v) is 11.9. The SMILES string of the molecule is C/C=C1/CC(C(C)C)CCCC(C)C1CC. The van der Waals surface area contributed by atoms with E-state index in [1.165, 1.54) is 32.1 Å². The molecule has 0 bridgehead atoms. The van der Waals surface area contributed by atoms with Gasteiger partial charge < -0.3 is 0 Å². The molecule has 0 heterocycles. The van der Waals surface area contributed by atoms with Gasteiger partial charge >= 0.3 is 0 Å². The molecule has 0 aromatic rings. The van der Waals surface area contributed by atoms with E-state index in [-0.39, 0.29) is 0 Å². The molecule has 0 amide bonds. The molecule has 1 rings (SSSR count). The molecule has 0 aromatic heterocycles. The first kappa shape index (κ1) is 13.8. The Balaban J connectivity index is 2.79. The maximum Gasteiger partial charge on any atom is -0.0180 e. The largest absolute Gasteiger partial charge is 0.0882 e. The molecule has 0 aliphatic heterocycles. The number of hydrogen-bond acceptors (Lipinski definition) is 0. The van der Waals surface area contributed by atoms with E-state index in [1.54, 1.807) is 5.57 Å². The Morgan fingerprint density at radius 3 is 2.50 bits per heavy atom. The van der Waals surface area contributed by atoms with Crippen molar-refractivity contribution in [3.8, 4) is 0 Å². The first-order valence-corrected chi connectivity index (χ1v) is 7.25. The Kier molecular flexibility index (Phi) is 5.58. The maximum absolute atomic E-state index is 2.45. The Labute approximate surface area is 103 Å². The fourth-order valence-electron chi connectivity index (χ4n) is 3.39. The van der Waals surface area contributed by atoms with E-state index in [9.17, 15) is 0 Å². The highest BCUT2D eigenvalue weighted by atomic mass is 14.3. The van der Waals surface area contributed by atoms with Crippen molar-refractivity contribution in [3.05, 3.63) is 11.6 Å². The van der Waals surface area contributed by atoms with Gasteiger partial charge in [-0.2, -0.15) is 0 Å². The minimum atomic E-state index is 0.848. The van der Waals surface area contributed by atoms with Gasteiger partial charge in [0.05, 0.1) is 0 Å². The van der Waals surface area contributed by atoms with Crippen LogP contribution in [-0.2, 0) is 0 Å². The van der Waals surface area contributed by atoms with Crippen LogP contribution in [0.5, 0.6) is 0 Å². The standard InChI is InChI=1S/C16H30/c1-6-14-11-15(12(3)4)10-8-9-13(5)16(14)7-2/h6,12-13,15-16H,7-11H2,1-5H3/b14-6-. The molecule has 0 aromatic carbocycles. The van der Waals surface area contributed by atoms with Crippen molar-refractivity contribution in [3.63, 3.8) is 0 Å². The van der Waals surface area contributed by atoms with Gasteiger partial charge in [-0.05, 0) is 49.9 Å². The number of rotatable bonds is 2. The van der Waals surface area contributed by atoms with E-state index in [0.29, 0.717) is 0 Å². The lowest BCUT2D eigenvalue weighted by Gasteiger charge is -2.33. The second kappa shape index (κ2) is 6.47. The molecule has 3 unspecified atom stereocenters. The molecular weight excluding hydrogens is 192 g/mol. The average molecular weight is 222 g/mol. The average Bonchev–Trinajstić information content (AvgIpc) is 2.23. The fourth-order valence-corrected chi connectivity index (χ4v) is 3.39. The molecule has 0 radical (unpaired) electrons. The smallest absolute Gasteiger partial charge is 0.0180 e. The van der Waals surface area contributed by atoms with Gasteiger partial charge in [0, 0.05) is 0 Å². The van der Waals surface area contributed by atoms with Gasteiger partial charge in [-0.25, -0.2) is 0 Å². The van der Waals surface area contributed by atoms with Crippen molar-refractivity contribution in [1.29, 1.82) is 0 Å². The molecule has 1 saturated carbocycles. The first-order chi connectivity index (χ1) is 7.60. The third-order valence-electron chi connectivity index (χ3n) is 4.65. The molecule has 1 fully saturated rings. The Morgan fingerprint density at radius 2 is 2.00 bits per heavy atom. The second-order valence-electron chi connectivity index (χ2n) is 5.99. The summed E-state index contributed by atoms with van der Waals surface area (Å²) < 4.78 is 0. The minimum Gasteiger partial charge on any atom is -0.0882 e. The fraction of sp³-hybridized carbons (Fsp3) is 0.875. The zero-order valence-electron chi connectivity index (χ0n) is 11.9. The summed E-state index contributed by atoms with van der Waals surface area (Å²) in [5, 5.41) is 0. The summed E-state index contributed by atoms with van der Waals surface area (Å²) in [6.07, 6.45) is 9.40. The van der Waals surface area contributed by atoms with Gasteiger partial charge in [0.1, 0.15) is 0 Å². The Hall–Kier alpha value is -0.260. The van der Waals surface area contributed by atoms with Crippen LogP contribution in [0.2, 0.25) is 0 Å². The highest BCUT2D eigenvalue weighted by Crippen LogP contribution is 2.38. The van der Waals surface area contributed by atoms with E-state index in [0.717, 1.165) is 23.7 Å². The van der Waals surface area contributed by atoms with E-state index in [1.807, 2.05) is 0 Å². The van der Waals surface area contributed by atoms with Gasteiger partial charge in [0.15, 0.2) is 0 Å². The van der Waals surface area contributed by atoms with Gasteiger partial charge in [-0.15, -0.1) is 0 Å². The van der Waals surface area contributed by atoms with Crippen LogP contribution < -0.4 is 0 Å². The van der Waals surface area contributed by atoms with Crippen molar-refractivity contribution in [2.24, 2.45) is 23.7 Å². The second-order valence-corrected chi connectivity index (χ2v) is 5.99. The van der Waals surface area contributed by atoms with Crippen molar-refractivity contribution in [2.75, 3.05) is 0 Å². The highest BCUT2D eigenvalue weighted by Gasteiger charge is 2.26. The van der Waals surface area contributed by atoms with Crippen LogP contribution in [0.4, 0.5) is 0 Å². The first-order valence-electron chi connectivity index (χ1n) is 7.25. The number of hydrogen-bond donors (Lipinski definition) is 0. The zero-order chi connectivity index (χ0) is 12.1. The van der Waals surface area contributed by atoms with Crippen LogP contribution in [0.3, 0.4) is 0 Å². The molecule has 1 aliphatic rings. The van der Waals surface area contributed by atoms with Crippen molar-refractivity contribution >= 4 is 0 Å². The molecule has 3 atom stereocenters. The topological polar surface area (TPSA) is 0 Å². The summed E-state index contributed by atoms with van der Waals surface area (Å²) in [6, 6.07) is 0. The Morgan fingerprint density at radius 1 is 1.31 bits per heavy atom. The van der Waals surface area contributed by atoms with Crippen LogP contribution in [0.25, 0.3) is 0 Å². The maximum atomic E-state index is 2.45. The molecule has 16 heavy (non-hydrogen) atoms. The van der Waals surface area contributed by atoms with Crippen LogP contribution in [0.15, 0.2) is 11.6 Å². The normalized spacial score (nSPS) is 35.1. The lowest BCUT2D eigenvalue weighted by molar-refractivity contribution is 0.262. The Bertz CT molecular complexity index is 224. The highest BCUT2D eigenvalue weighted by molar-refractivity contribution is 5.09. The molecule has 0 N–H and O–H groups in total. The predicted octanol–water partition coefficient (Wildman–Crippen LogP) is 5.44. The van der Waals surface area contributed by atoms with Gasteiger partial charge in [-0.1, -0.05) is 52.2 Å². The van der Waals surface area contributed by atoms with E-state index >= 15 is 0 Å². The van der Waals surface area contributed by atoms with Crippen molar-refractivity contribution in [2.45, 2.75) is 66.7 Å². The summed E-state index contributed by atoms with van der Waals surface area (Å²) in [5.41, 5.74) is 1.74. The summed E-state index contributed by atoms with van der Waals surface area (Å²) in [7, 11) is 0. The summed E-state index contributed by atoms with van der Waals surface area (Å²) in [4.78, 5) is 0. The molecule has 0 spiro atoms. The molecule has 0 heteroatoms. The molecular formula is C16H30. The van der Waals surface area contributed by atoms with E-state index in [2.05, 4.69) is 40.7 Å². The van der Waals surface area contributed by atoms with Crippen molar-refractivity contribution < 1.29 is 0 Å². The van der Waals surface area contributed by atoms with Crippen LogP contribution in [0, 0.1) is 23.7 Å². The number of allylic oxidation sites excluding steroid dienone is 2. The van der Waals surface area contributed by atoms with Gasteiger partial charge in [0.2, 0.25) is 0 Å². The predicted molar refractivity (Wildman–Crippen MR) is 73.5 cm³/mol. The van der Waals surface area contributed by atoms with Gasteiger partial charge in [-0.3, -0.25) is 0 Å². The monoisotopic (exact) mass is 222 g/mol. The summed E-state index contributed by atoms with van der Waals surface area (Å²) in [5.74, 6) is 3.52. The van der Waals surface area contributed by atoms with Crippen LogP contribution in [-0.4, -0.2) is 0 Å². The van der Waals surface area contributed by atoms with Gasteiger partial charge in [0.25, 0.3) is 0 Å². The minimum absolute atomic E-state index is 0.848. The van der Waals surface area contributed by atoms with Crippen LogP contribution >= 0.6 is 0 Å². The molecule has 1 aliphatic carbocycles. The third kappa shape index (κ3) is 3.37. The molecule has 0 saturated heterocycles. The molecule has 0 nitrogen and oxygen atoms in total.